The molecule has 2 N–H and O–H groups in total. The third kappa shape index (κ3) is 2.07. The summed E-state index contributed by atoms with van der Waals surface area (Å²) >= 11 is 2.18. The van der Waals surface area contributed by atoms with Gasteiger partial charge in [-0.1, -0.05) is 25.1 Å². The zero-order chi connectivity index (χ0) is 13.4. The highest BCUT2D eigenvalue weighted by Crippen LogP contribution is 2.30. The number of fused-ring (bicyclic) bond motifs is 1. The van der Waals surface area contributed by atoms with E-state index in [1.165, 1.54) is 0 Å². The molecule has 0 atom stereocenters. The molecule has 5 heteroatoms. The Morgan fingerprint density at radius 2 is 2.05 bits per heavy atom. The van der Waals surface area contributed by atoms with E-state index in [1.54, 1.807) is 6.26 Å². The van der Waals surface area contributed by atoms with Crippen LogP contribution in [0.25, 0.3) is 22.4 Å². The minimum Gasteiger partial charge on any atom is -0.464 e. The Morgan fingerprint density at radius 3 is 2.84 bits per heavy atom. The van der Waals surface area contributed by atoms with Gasteiger partial charge in [-0.3, -0.25) is 0 Å². The second-order valence-electron chi connectivity index (χ2n) is 4.19. The number of para-hydroxylation sites is 1. The molecule has 0 radical (unpaired) electrons. The van der Waals surface area contributed by atoms with Crippen LogP contribution in [-0.4, -0.2) is 9.97 Å². The van der Waals surface area contributed by atoms with E-state index in [2.05, 4.69) is 39.5 Å². The van der Waals surface area contributed by atoms with E-state index in [1.807, 2.05) is 24.3 Å². The number of nitrogen functional groups attached to an aromatic ring is 1. The van der Waals surface area contributed by atoms with Crippen LogP contribution in [0, 0.1) is 3.57 Å². The number of rotatable bonds is 2. The summed E-state index contributed by atoms with van der Waals surface area (Å²) in [6.07, 6.45) is 2.51. The van der Waals surface area contributed by atoms with E-state index < -0.39 is 0 Å². The SMILES string of the molecule is CCc1nc(-c2coc3ccccc23)nc(N)c1I. The lowest BCUT2D eigenvalue weighted by atomic mass is 10.1. The molecule has 0 saturated heterocycles. The van der Waals surface area contributed by atoms with Crippen molar-refractivity contribution in [2.24, 2.45) is 0 Å². The van der Waals surface area contributed by atoms with Gasteiger partial charge in [0.2, 0.25) is 0 Å². The molecule has 3 aromatic rings. The Labute approximate surface area is 124 Å². The molecule has 0 spiro atoms. The van der Waals surface area contributed by atoms with Crippen LogP contribution in [-0.2, 0) is 6.42 Å². The maximum absolute atomic E-state index is 5.96. The average molecular weight is 365 g/mol. The first-order chi connectivity index (χ1) is 9.20. The van der Waals surface area contributed by atoms with Crippen LogP contribution in [0.2, 0.25) is 0 Å². The predicted molar refractivity (Wildman–Crippen MR) is 83.7 cm³/mol. The highest BCUT2D eigenvalue weighted by molar-refractivity contribution is 14.1. The molecule has 2 heterocycles. The first kappa shape index (κ1) is 12.4. The molecule has 0 fully saturated rings. The Hall–Kier alpha value is -1.63. The van der Waals surface area contributed by atoms with Crippen LogP contribution in [0.15, 0.2) is 34.9 Å². The van der Waals surface area contributed by atoms with Gasteiger partial charge in [0.15, 0.2) is 5.82 Å². The summed E-state index contributed by atoms with van der Waals surface area (Å²) in [6.45, 7) is 2.06. The van der Waals surface area contributed by atoms with E-state index in [9.17, 15) is 0 Å². The van der Waals surface area contributed by atoms with Crippen molar-refractivity contribution in [1.29, 1.82) is 0 Å². The molecule has 3 rings (SSSR count). The number of nitrogens with two attached hydrogens (primary N) is 1. The maximum atomic E-state index is 5.96. The summed E-state index contributed by atoms with van der Waals surface area (Å²) in [6, 6.07) is 7.83. The minimum absolute atomic E-state index is 0.521. The Kier molecular flexibility index (Phi) is 3.14. The number of aryl methyl sites for hydroxylation is 1. The van der Waals surface area contributed by atoms with Crippen LogP contribution >= 0.6 is 22.6 Å². The number of halogens is 1. The molecule has 0 bridgehead atoms. The molecular weight excluding hydrogens is 353 g/mol. The molecule has 2 aromatic heterocycles. The lowest BCUT2D eigenvalue weighted by Crippen LogP contribution is -2.04. The fraction of sp³-hybridized carbons (Fsp3) is 0.143. The fourth-order valence-electron chi connectivity index (χ4n) is 2.02. The van der Waals surface area contributed by atoms with Crippen LogP contribution in [0.5, 0.6) is 0 Å². The lowest BCUT2D eigenvalue weighted by Gasteiger charge is -2.06. The van der Waals surface area contributed by atoms with E-state index in [0.717, 1.165) is 32.2 Å². The molecule has 19 heavy (non-hydrogen) atoms. The number of benzene rings is 1. The topological polar surface area (TPSA) is 64.9 Å². The second kappa shape index (κ2) is 4.80. The Balaban J connectivity index is 2.24. The third-order valence-corrected chi connectivity index (χ3v) is 4.18. The summed E-state index contributed by atoms with van der Waals surface area (Å²) in [7, 11) is 0. The quantitative estimate of drug-likeness (QED) is 0.705. The van der Waals surface area contributed by atoms with E-state index in [4.69, 9.17) is 10.2 Å². The van der Waals surface area contributed by atoms with Crippen molar-refractivity contribution in [2.75, 3.05) is 5.73 Å². The van der Waals surface area contributed by atoms with Crippen LogP contribution in [0.3, 0.4) is 0 Å². The molecular formula is C14H12IN3O. The summed E-state index contributed by atoms with van der Waals surface area (Å²) in [5.41, 5.74) is 8.64. The van der Waals surface area contributed by atoms with E-state index in [-0.39, 0.29) is 0 Å². The highest BCUT2D eigenvalue weighted by Gasteiger charge is 2.14. The predicted octanol–water partition coefficient (Wildman–Crippen LogP) is 3.64. The highest BCUT2D eigenvalue weighted by atomic mass is 127. The number of hydrogen-bond donors (Lipinski definition) is 1. The van der Waals surface area contributed by atoms with Gasteiger partial charge < -0.3 is 10.2 Å². The van der Waals surface area contributed by atoms with Gasteiger partial charge in [0.1, 0.15) is 17.7 Å². The molecule has 1 aromatic carbocycles. The van der Waals surface area contributed by atoms with Crippen molar-refractivity contribution in [2.45, 2.75) is 13.3 Å². The summed E-state index contributed by atoms with van der Waals surface area (Å²) in [5.74, 6) is 1.15. The first-order valence-electron chi connectivity index (χ1n) is 5.99. The van der Waals surface area contributed by atoms with Crippen molar-refractivity contribution in [3.8, 4) is 11.4 Å². The summed E-state index contributed by atoms with van der Waals surface area (Å²) < 4.78 is 6.45. The van der Waals surface area contributed by atoms with Gasteiger partial charge >= 0.3 is 0 Å². The normalized spacial score (nSPS) is 11.1. The maximum Gasteiger partial charge on any atom is 0.165 e. The first-order valence-corrected chi connectivity index (χ1v) is 7.07. The number of anilines is 1. The van der Waals surface area contributed by atoms with Crippen molar-refractivity contribution in [3.63, 3.8) is 0 Å². The Bertz CT molecular complexity index is 752. The zero-order valence-electron chi connectivity index (χ0n) is 10.4. The molecule has 0 aliphatic carbocycles. The molecule has 0 aliphatic heterocycles. The smallest absolute Gasteiger partial charge is 0.165 e. The second-order valence-corrected chi connectivity index (χ2v) is 5.27. The molecule has 0 saturated carbocycles. The van der Waals surface area contributed by atoms with Crippen molar-refractivity contribution in [3.05, 3.63) is 39.8 Å². The van der Waals surface area contributed by atoms with Gasteiger partial charge in [0.05, 0.1) is 14.8 Å². The van der Waals surface area contributed by atoms with Crippen LogP contribution in [0.4, 0.5) is 5.82 Å². The molecule has 4 nitrogen and oxygen atoms in total. The van der Waals surface area contributed by atoms with Gasteiger partial charge in [0, 0.05) is 5.39 Å². The number of furan rings is 1. The van der Waals surface area contributed by atoms with Crippen LogP contribution < -0.4 is 5.73 Å². The van der Waals surface area contributed by atoms with Crippen molar-refractivity contribution >= 4 is 39.4 Å². The van der Waals surface area contributed by atoms with E-state index in [0.29, 0.717) is 11.6 Å². The van der Waals surface area contributed by atoms with Crippen molar-refractivity contribution < 1.29 is 4.42 Å². The van der Waals surface area contributed by atoms with Gasteiger partial charge in [-0.05, 0) is 35.1 Å². The summed E-state index contributed by atoms with van der Waals surface area (Å²) in [4.78, 5) is 8.96. The standard InChI is InChI=1S/C14H12IN3O/c1-2-10-12(15)13(16)18-14(17-10)9-7-19-11-6-4-3-5-8(9)11/h3-7H,2H2,1H3,(H2,16,17,18). The largest absolute Gasteiger partial charge is 0.464 e. The van der Waals surface area contributed by atoms with Crippen LogP contribution in [0.1, 0.15) is 12.6 Å². The molecule has 0 aliphatic rings. The van der Waals surface area contributed by atoms with Gasteiger partial charge in [-0.25, -0.2) is 9.97 Å². The van der Waals surface area contributed by atoms with Gasteiger partial charge in [-0.15, -0.1) is 0 Å². The fourth-order valence-corrected chi connectivity index (χ4v) is 2.64. The zero-order valence-corrected chi connectivity index (χ0v) is 12.5. The van der Waals surface area contributed by atoms with Crippen molar-refractivity contribution in [1.82, 2.24) is 9.97 Å². The number of hydrogen-bond acceptors (Lipinski definition) is 4. The molecule has 96 valence electrons. The van der Waals surface area contributed by atoms with Gasteiger partial charge in [0.25, 0.3) is 0 Å². The van der Waals surface area contributed by atoms with E-state index >= 15 is 0 Å². The summed E-state index contributed by atoms with van der Waals surface area (Å²) in [5, 5.41) is 1.00. The Morgan fingerprint density at radius 1 is 1.26 bits per heavy atom. The number of aromatic nitrogens is 2. The molecule has 0 unspecified atom stereocenters. The third-order valence-electron chi connectivity index (χ3n) is 3.00. The van der Waals surface area contributed by atoms with Gasteiger partial charge in [-0.2, -0.15) is 0 Å². The molecule has 0 amide bonds. The number of nitrogens with zero attached hydrogens (tertiary/aromatic N) is 2. The lowest BCUT2D eigenvalue weighted by molar-refractivity contribution is 0.616. The minimum atomic E-state index is 0.521. The monoisotopic (exact) mass is 365 g/mol. The average Bonchev–Trinajstić information content (AvgIpc) is 2.85.